The number of nitrogens with zero attached hydrogens (tertiary/aromatic N) is 3. The number of piperazine rings is 1. The Hall–Kier alpha value is -1.50. The molecular formula is C17H26FN3O2. The van der Waals surface area contributed by atoms with E-state index >= 15 is 0 Å². The third kappa shape index (κ3) is 4.99. The summed E-state index contributed by atoms with van der Waals surface area (Å²) in [5.74, 6) is -0.235. The topological polar surface area (TPSA) is 47.0 Å². The number of aliphatic hydroxyl groups excluding tert-OH is 1. The van der Waals surface area contributed by atoms with E-state index in [0.717, 1.165) is 31.7 Å². The van der Waals surface area contributed by atoms with Gasteiger partial charge in [-0.2, -0.15) is 0 Å². The third-order valence-electron chi connectivity index (χ3n) is 4.41. The molecule has 1 amide bonds. The number of halogens is 1. The molecule has 1 aliphatic heterocycles. The lowest BCUT2D eigenvalue weighted by Gasteiger charge is -2.38. The fraction of sp³-hybridized carbons (Fsp3) is 0.588. The van der Waals surface area contributed by atoms with Gasteiger partial charge in [0, 0.05) is 46.3 Å². The van der Waals surface area contributed by atoms with E-state index in [-0.39, 0.29) is 24.4 Å². The fourth-order valence-corrected chi connectivity index (χ4v) is 2.98. The molecule has 0 saturated carbocycles. The maximum absolute atomic E-state index is 13.2. The van der Waals surface area contributed by atoms with E-state index in [4.69, 9.17) is 5.11 Å². The van der Waals surface area contributed by atoms with Gasteiger partial charge in [-0.1, -0.05) is 12.1 Å². The first-order chi connectivity index (χ1) is 11.0. The Kier molecular flexibility index (Phi) is 6.50. The van der Waals surface area contributed by atoms with Gasteiger partial charge in [0.2, 0.25) is 5.91 Å². The maximum Gasteiger partial charge on any atom is 0.239 e. The highest BCUT2D eigenvalue weighted by Gasteiger charge is 2.27. The summed E-state index contributed by atoms with van der Waals surface area (Å²) < 4.78 is 13.2. The van der Waals surface area contributed by atoms with Crippen molar-refractivity contribution in [1.29, 1.82) is 0 Å². The Balaban J connectivity index is 1.86. The maximum atomic E-state index is 13.2. The molecule has 6 heteroatoms. The van der Waals surface area contributed by atoms with Gasteiger partial charge in [0.1, 0.15) is 5.82 Å². The number of hydrogen-bond acceptors (Lipinski definition) is 4. The van der Waals surface area contributed by atoms with Crippen molar-refractivity contribution in [3.05, 3.63) is 35.6 Å². The number of β-amino-alcohol motifs (C(OH)–C–C–N with tert-alkyl or cyclic N) is 1. The minimum atomic E-state index is -0.281. The highest BCUT2D eigenvalue weighted by atomic mass is 19.1. The summed E-state index contributed by atoms with van der Waals surface area (Å²) in [5.41, 5.74) is 0.792. The van der Waals surface area contributed by atoms with Crippen LogP contribution in [0.25, 0.3) is 0 Å². The highest BCUT2D eigenvalue weighted by Crippen LogP contribution is 2.11. The number of carbonyl (C=O) groups excluding carboxylic acids is 1. The van der Waals surface area contributed by atoms with Gasteiger partial charge in [-0.3, -0.25) is 14.6 Å². The molecule has 0 unspecified atom stereocenters. The van der Waals surface area contributed by atoms with Crippen molar-refractivity contribution in [2.75, 3.05) is 46.4 Å². The first-order valence-electron chi connectivity index (χ1n) is 8.08. The van der Waals surface area contributed by atoms with E-state index < -0.39 is 0 Å². The van der Waals surface area contributed by atoms with Crippen LogP contribution in [-0.2, 0) is 11.3 Å². The van der Waals surface area contributed by atoms with Crippen LogP contribution < -0.4 is 0 Å². The monoisotopic (exact) mass is 323 g/mol. The van der Waals surface area contributed by atoms with Crippen molar-refractivity contribution >= 4 is 5.91 Å². The van der Waals surface area contributed by atoms with Crippen LogP contribution in [0.3, 0.4) is 0 Å². The summed E-state index contributed by atoms with van der Waals surface area (Å²) in [6.45, 7) is 6.57. The summed E-state index contributed by atoms with van der Waals surface area (Å²) in [4.78, 5) is 18.6. The lowest BCUT2D eigenvalue weighted by Crippen LogP contribution is -2.54. The van der Waals surface area contributed by atoms with Gasteiger partial charge in [0.15, 0.2) is 0 Å². The second kappa shape index (κ2) is 8.38. The fourth-order valence-electron chi connectivity index (χ4n) is 2.98. The smallest absolute Gasteiger partial charge is 0.239 e. The molecule has 0 spiro atoms. The molecule has 1 aromatic rings. The molecule has 1 aliphatic rings. The van der Waals surface area contributed by atoms with Crippen molar-refractivity contribution in [2.24, 2.45) is 0 Å². The molecule has 1 heterocycles. The Labute approximate surface area is 137 Å². The average Bonchev–Trinajstić information content (AvgIpc) is 2.54. The highest BCUT2D eigenvalue weighted by molar-refractivity contribution is 5.81. The van der Waals surface area contributed by atoms with Crippen LogP contribution in [0.15, 0.2) is 24.3 Å². The summed E-state index contributed by atoms with van der Waals surface area (Å²) in [7, 11) is 1.76. The van der Waals surface area contributed by atoms with Crippen molar-refractivity contribution in [3.63, 3.8) is 0 Å². The first-order valence-corrected chi connectivity index (χ1v) is 8.08. The molecule has 128 valence electrons. The van der Waals surface area contributed by atoms with E-state index in [2.05, 4.69) is 9.80 Å². The van der Waals surface area contributed by atoms with Gasteiger partial charge in [0.05, 0.1) is 12.6 Å². The van der Waals surface area contributed by atoms with Gasteiger partial charge in [-0.15, -0.1) is 0 Å². The third-order valence-corrected chi connectivity index (χ3v) is 4.41. The van der Waals surface area contributed by atoms with Gasteiger partial charge < -0.3 is 10.0 Å². The zero-order valence-corrected chi connectivity index (χ0v) is 13.9. The van der Waals surface area contributed by atoms with Crippen molar-refractivity contribution < 1.29 is 14.3 Å². The van der Waals surface area contributed by atoms with Gasteiger partial charge in [-0.05, 0) is 24.6 Å². The zero-order valence-electron chi connectivity index (χ0n) is 13.9. The molecule has 1 aromatic carbocycles. The number of rotatable bonds is 6. The van der Waals surface area contributed by atoms with E-state index in [1.165, 1.54) is 12.1 Å². The Morgan fingerprint density at radius 2 is 2.04 bits per heavy atom. The molecule has 2 rings (SSSR count). The number of amides is 1. The molecule has 23 heavy (non-hydrogen) atoms. The first kappa shape index (κ1) is 17.8. The van der Waals surface area contributed by atoms with Crippen LogP contribution in [0.4, 0.5) is 4.39 Å². The van der Waals surface area contributed by atoms with E-state index in [1.807, 2.05) is 13.0 Å². The Bertz CT molecular complexity index is 518. The molecule has 1 fully saturated rings. The SMILES string of the molecule is C[C@@H](C(=O)N(C)Cc1cccc(F)c1)N1CCN(CCO)CC1. The lowest BCUT2D eigenvalue weighted by molar-refractivity contribution is -0.136. The second-order valence-electron chi connectivity index (χ2n) is 6.10. The quantitative estimate of drug-likeness (QED) is 0.841. The van der Waals surface area contributed by atoms with Crippen LogP contribution in [-0.4, -0.2) is 78.1 Å². The summed E-state index contributed by atoms with van der Waals surface area (Å²) in [6.07, 6.45) is 0. The molecular weight excluding hydrogens is 297 g/mol. The standard InChI is InChI=1S/C17H26FN3O2/c1-14(21-8-6-20(7-9-21)10-11-22)17(23)19(2)13-15-4-3-5-16(18)12-15/h3-5,12,14,22H,6-11,13H2,1-2H3/t14-/m0/s1. The van der Waals surface area contributed by atoms with Crippen LogP contribution >= 0.6 is 0 Å². The molecule has 0 radical (unpaired) electrons. The molecule has 0 aliphatic carbocycles. The number of benzene rings is 1. The van der Waals surface area contributed by atoms with Crippen LogP contribution in [0.2, 0.25) is 0 Å². The van der Waals surface area contributed by atoms with Gasteiger partial charge >= 0.3 is 0 Å². The van der Waals surface area contributed by atoms with E-state index in [9.17, 15) is 9.18 Å². The van der Waals surface area contributed by atoms with Gasteiger partial charge in [0.25, 0.3) is 0 Å². The van der Waals surface area contributed by atoms with Crippen LogP contribution in [0.1, 0.15) is 12.5 Å². The zero-order chi connectivity index (χ0) is 16.8. The summed E-state index contributed by atoms with van der Waals surface area (Å²) in [6, 6.07) is 6.16. The van der Waals surface area contributed by atoms with E-state index in [0.29, 0.717) is 13.1 Å². The minimum Gasteiger partial charge on any atom is -0.395 e. The largest absolute Gasteiger partial charge is 0.395 e. The second-order valence-corrected chi connectivity index (χ2v) is 6.10. The summed E-state index contributed by atoms with van der Waals surface area (Å²) in [5, 5.41) is 8.97. The van der Waals surface area contributed by atoms with Crippen molar-refractivity contribution in [3.8, 4) is 0 Å². The Morgan fingerprint density at radius 3 is 2.65 bits per heavy atom. The van der Waals surface area contributed by atoms with Gasteiger partial charge in [-0.25, -0.2) is 4.39 Å². The number of aliphatic hydroxyl groups is 1. The molecule has 0 bridgehead atoms. The van der Waals surface area contributed by atoms with E-state index in [1.54, 1.807) is 18.0 Å². The Morgan fingerprint density at radius 1 is 1.35 bits per heavy atom. The normalized spacial score (nSPS) is 17.9. The molecule has 0 aromatic heterocycles. The number of hydrogen-bond donors (Lipinski definition) is 1. The molecule has 1 atom stereocenters. The van der Waals surface area contributed by atoms with Crippen LogP contribution in [0.5, 0.6) is 0 Å². The van der Waals surface area contributed by atoms with Crippen molar-refractivity contribution in [1.82, 2.24) is 14.7 Å². The molecule has 1 N–H and O–H groups in total. The van der Waals surface area contributed by atoms with Crippen LogP contribution in [0, 0.1) is 5.82 Å². The predicted octanol–water partition coefficient (Wildman–Crippen LogP) is 0.782. The predicted molar refractivity (Wildman–Crippen MR) is 87.4 cm³/mol. The lowest BCUT2D eigenvalue weighted by atomic mass is 10.1. The minimum absolute atomic E-state index is 0.0462. The number of carbonyl (C=O) groups is 1. The molecule has 5 nitrogen and oxygen atoms in total. The van der Waals surface area contributed by atoms with Crippen molar-refractivity contribution in [2.45, 2.75) is 19.5 Å². The average molecular weight is 323 g/mol. The molecule has 1 saturated heterocycles. The summed E-state index contributed by atoms with van der Waals surface area (Å²) >= 11 is 0. The number of likely N-dealkylation sites (N-methyl/N-ethyl adjacent to an activating group) is 1.